The van der Waals surface area contributed by atoms with Crippen LogP contribution in [0.2, 0.25) is 5.02 Å². The molecule has 30 heavy (non-hydrogen) atoms. The fraction of sp³-hybridized carbons (Fsp3) is 0.318. The monoisotopic (exact) mass is 431 g/mol. The van der Waals surface area contributed by atoms with E-state index in [0.29, 0.717) is 31.7 Å². The van der Waals surface area contributed by atoms with E-state index in [1.54, 1.807) is 21.9 Å². The second-order valence-corrected chi connectivity index (χ2v) is 7.76. The molecule has 0 saturated carbocycles. The summed E-state index contributed by atoms with van der Waals surface area (Å²) < 4.78 is 13.2. The van der Waals surface area contributed by atoms with E-state index in [1.807, 2.05) is 19.9 Å². The fourth-order valence-electron chi connectivity index (χ4n) is 3.47. The zero-order valence-corrected chi connectivity index (χ0v) is 17.6. The number of hydrogen-bond donors (Lipinski definition) is 1. The Balaban J connectivity index is 1.51. The highest BCUT2D eigenvalue weighted by atomic mass is 35.5. The van der Waals surface area contributed by atoms with E-state index in [-0.39, 0.29) is 34.9 Å². The third-order valence-corrected chi connectivity index (χ3v) is 5.28. The molecule has 8 heteroatoms. The zero-order chi connectivity index (χ0) is 21.8. The topological polar surface area (TPSA) is 69.7 Å². The standard InChI is InChI=1S/C22H23ClFN3O3/c1-14-9-15(2)11-16(10-14)21(29)25-13-20(28)26-5-7-27(8-6-26)22(30)18-4-3-17(24)12-19(18)23/h3-4,9-12H,5-8,13H2,1-2H3,(H,25,29). The lowest BCUT2D eigenvalue weighted by Gasteiger charge is -2.35. The van der Waals surface area contributed by atoms with Crippen molar-refractivity contribution in [2.24, 2.45) is 0 Å². The molecular formula is C22H23ClFN3O3. The van der Waals surface area contributed by atoms with E-state index in [9.17, 15) is 18.8 Å². The molecule has 158 valence electrons. The van der Waals surface area contributed by atoms with E-state index in [2.05, 4.69) is 5.32 Å². The predicted molar refractivity (Wildman–Crippen MR) is 112 cm³/mol. The molecule has 0 atom stereocenters. The third-order valence-electron chi connectivity index (χ3n) is 4.97. The maximum atomic E-state index is 13.2. The fourth-order valence-corrected chi connectivity index (χ4v) is 3.72. The van der Waals surface area contributed by atoms with Crippen LogP contribution in [-0.2, 0) is 4.79 Å². The minimum absolute atomic E-state index is 0.0626. The van der Waals surface area contributed by atoms with Crippen LogP contribution in [-0.4, -0.2) is 60.2 Å². The van der Waals surface area contributed by atoms with Gasteiger partial charge in [0.2, 0.25) is 5.91 Å². The van der Waals surface area contributed by atoms with Crippen LogP contribution in [0.15, 0.2) is 36.4 Å². The van der Waals surface area contributed by atoms with Gasteiger partial charge in [0.25, 0.3) is 11.8 Å². The van der Waals surface area contributed by atoms with Crippen LogP contribution in [0.1, 0.15) is 31.8 Å². The lowest BCUT2D eigenvalue weighted by Crippen LogP contribution is -2.52. The van der Waals surface area contributed by atoms with Gasteiger partial charge in [0.1, 0.15) is 5.82 Å². The molecule has 0 bridgehead atoms. The number of carbonyl (C=O) groups excluding carboxylic acids is 3. The quantitative estimate of drug-likeness (QED) is 0.809. The first-order valence-electron chi connectivity index (χ1n) is 9.63. The summed E-state index contributed by atoms with van der Waals surface area (Å²) in [6.07, 6.45) is 0. The average molecular weight is 432 g/mol. The highest BCUT2D eigenvalue weighted by molar-refractivity contribution is 6.33. The zero-order valence-electron chi connectivity index (χ0n) is 16.9. The Hall–Kier alpha value is -2.93. The van der Waals surface area contributed by atoms with Crippen LogP contribution >= 0.6 is 11.6 Å². The van der Waals surface area contributed by atoms with Crippen molar-refractivity contribution in [3.8, 4) is 0 Å². The second-order valence-electron chi connectivity index (χ2n) is 7.36. The molecular weight excluding hydrogens is 409 g/mol. The van der Waals surface area contributed by atoms with Crippen molar-refractivity contribution in [2.45, 2.75) is 13.8 Å². The molecule has 3 rings (SSSR count). The molecule has 0 unspecified atom stereocenters. The van der Waals surface area contributed by atoms with Gasteiger partial charge in [-0.1, -0.05) is 28.8 Å². The Kier molecular flexibility index (Phi) is 6.72. The molecule has 1 aliphatic heterocycles. The van der Waals surface area contributed by atoms with Crippen molar-refractivity contribution < 1.29 is 18.8 Å². The van der Waals surface area contributed by atoms with Crippen LogP contribution in [0.5, 0.6) is 0 Å². The highest BCUT2D eigenvalue weighted by Crippen LogP contribution is 2.20. The summed E-state index contributed by atoms with van der Waals surface area (Å²) in [5.74, 6) is -1.31. The Morgan fingerprint density at radius 2 is 1.57 bits per heavy atom. The van der Waals surface area contributed by atoms with Gasteiger partial charge in [-0.15, -0.1) is 0 Å². The predicted octanol–water partition coefficient (Wildman–Crippen LogP) is 2.81. The molecule has 0 radical (unpaired) electrons. The van der Waals surface area contributed by atoms with E-state index >= 15 is 0 Å². The van der Waals surface area contributed by atoms with Gasteiger partial charge in [-0.3, -0.25) is 14.4 Å². The first-order valence-corrected chi connectivity index (χ1v) is 10.0. The summed E-state index contributed by atoms with van der Waals surface area (Å²) in [5, 5.41) is 2.72. The molecule has 1 N–H and O–H groups in total. The van der Waals surface area contributed by atoms with Crippen molar-refractivity contribution in [3.05, 3.63) is 69.5 Å². The molecule has 1 fully saturated rings. The SMILES string of the molecule is Cc1cc(C)cc(C(=O)NCC(=O)N2CCN(C(=O)c3ccc(F)cc3Cl)CC2)c1. The van der Waals surface area contributed by atoms with E-state index in [1.165, 1.54) is 12.1 Å². The summed E-state index contributed by atoms with van der Waals surface area (Å²) in [6, 6.07) is 9.18. The molecule has 2 aromatic rings. The number of benzene rings is 2. The molecule has 0 aliphatic carbocycles. The van der Waals surface area contributed by atoms with Crippen LogP contribution in [0.4, 0.5) is 4.39 Å². The maximum absolute atomic E-state index is 13.2. The minimum atomic E-state index is -0.505. The van der Waals surface area contributed by atoms with Gasteiger partial charge in [-0.2, -0.15) is 0 Å². The van der Waals surface area contributed by atoms with Crippen molar-refractivity contribution >= 4 is 29.3 Å². The average Bonchev–Trinajstić information content (AvgIpc) is 2.70. The van der Waals surface area contributed by atoms with Gasteiger partial charge < -0.3 is 15.1 Å². The summed E-state index contributed by atoms with van der Waals surface area (Å²) in [7, 11) is 0. The number of piperazine rings is 1. The summed E-state index contributed by atoms with van der Waals surface area (Å²) >= 11 is 5.97. The normalized spacial score (nSPS) is 13.9. The first-order chi connectivity index (χ1) is 14.2. The lowest BCUT2D eigenvalue weighted by atomic mass is 10.1. The first kappa shape index (κ1) is 21.8. The Bertz CT molecular complexity index is 967. The smallest absolute Gasteiger partial charge is 0.255 e. The largest absolute Gasteiger partial charge is 0.343 e. The van der Waals surface area contributed by atoms with Gasteiger partial charge in [0.15, 0.2) is 0 Å². The Labute approximate surface area is 179 Å². The number of rotatable bonds is 4. The van der Waals surface area contributed by atoms with Crippen molar-refractivity contribution in [3.63, 3.8) is 0 Å². The van der Waals surface area contributed by atoms with Gasteiger partial charge in [-0.05, 0) is 44.2 Å². The maximum Gasteiger partial charge on any atom is 0.255 e. The molecule has 2 aromatic carbocycles. The Morgan fingerprint density at radius 1 is 0.967 bits per heavy atom. The molecule has 1 aliphatic rings. The van der Waals surface area contributed by atoms with E-state index < -0.39 is 5.82 Å². The number of halogens is 2. The summed E-state index contributed by atoms with van der Waals surface area (Å²) in [4.78, 5) is 40.6. The minimum Gasteiger partial charge on any atom is -0.343 e. The molecule has 3 amide bonds. The molecule has 0 aromatic heterocycles. The third kappa shape index (κ3) is 5.16. The van der Waals surface area contributed by atoms with Crippen LogP contribution in [0.25, 0.3) is 0 Å². The lowest BCUT2D eigenvalue weighted by molar-refractivity contribution is -0.131. The molecule has 0 spiro atoms. The number of aryl methyl sites for hydroxylation is 2. The number of nitrogens with one attached hydrogen (secondary N) is 1. The summed E-state index contributed by atoms with van der Waals surface area (Å²) in [6.45, 7) is 5.09. The number of hydrogen-bond acceptors (Lipinski definition) is 3. The van der Waals surface area contributed by atoms with E-state index in [4.69, 9.17) is 11.6 Å². The molecule has 1 heterocycles. The van der Waals surface area contributed by atoms with Gasteiger partial charge in [0.05, 0.1) is 17.1 Å². The van der Waals surface area contributed by atoms with E-state index in [0.717, 1.165) is 17.2 Å². The van der Waals surface area contributed by atoms with Crippen LogP contribution in [0.3, 0.4) is 0 Å². The van der Waals surface area contributed by atoms with Crippen LogP contribution in [0, 0.1) is 19.7 Å². The highest BCUT2D eigenvalue weighted by Gasteiger charge is 2.26. The van der Waals surface area contributed by atoms with Gasteiger partial charge >= 0.3 is 0 Å². The van der Waals surface area contributed by atoms with Crippen molar-refractivity contribution in [1.82, 2.24) is 15.1 Å². The van der Waals surface area contributed by atoms with Crippen LogP contribution < -0.4 is 5.32 Å². The summed E-state index contributed by atoms with van der Waals surface area (Å²) in [5.41, 5.74) is 2.72. The second kappa shape index (κ2) is 9.26. The Morgan fingerprint density at radius 3 is 2.17 bits per heavy atom. The van der Waals surface area contributed by atoms with Gasteiger partial charge in [0, 0.05) is 31.7 Å². The number of carbonyl (C=O) groups is 3. The molecule has 6 nitrogen and oxygen atoms in total. The van der Waals surface area contributed by atoms with Crippen molar-refractivity contribution in [2.75, 3.05) is 32.7 Å². The van der Waals surface area contributed by atoms with Gasteiger partial charge in [-0.25, -0.2) is 4.39 Å². The van der Waals surface area contributed by atoms with Crippen molar-refractivity contribution in [1.29, 1.82) is 0 Å². The number of amides is 3. The molecule has 1 saturated heterocycles. The number of nitrogens with zero attached hydrogens (tertiary/aromatic N) is 2.